The molecule has 0 aliphatic rings. The lowest BCUT2D eigenvalue weighted by Crippen LogP contribution is -2.03. The lowest BCUT2D eigenvalue weighted by molar-refractivity contribution is 1.20. The van der Waals surface area contributed by atoms with Crippen molar-refractivity contribution in [3.05, 3.63) is 83.4 Å². The number of nitrogens with zero attached hydrogens (tertiary/aromatic N) is 2. The number of anilines is 4. The smallest absolute Gasteiger partial charge is 0.229 e. The van der Waals surface area contributed by atoms with Crippen LogP contribution in [0.3, 0.4) is 0 Å². The zero-order valence-corrected chi connectivity index (χ0v) is 15.7. The molecule has 0 aliphatic carbocycles. The summed E-state index contributed by atoms with van der Waals surface area (Å²) in [7, 11) is 0. The third kappa shape index (κ3) is 3.75. The van der Waals surface area contributed by atoms with Crippen molar-refractivity contribution in [1.82, 2.24) is 9.97 Å². The summed E-state index contributed by atoms with van der Waals surface area (Å²) in [6.45, 7) is 6.25. The maximum absolute atomic E-state index is 4.74. The molecule has 4 rings (SSSR count). The van der Waals surface area contributed by atoms with E-state index in [2.05, 4.69) is 78.9 Å². The molecular formula is C23H22N4. The van der Waals surface area contributed by atoms with Crippen LogP contribution in [0.25, 0.3) is 10.9 Å². The van der Waals surface area contributed by atoms with Crippen molar-refractivity contribution in [3.63, 3.8) is 0 Å². The first-order valence-electron chi connectivity index (χ1n) is 9.03. The van der Waals surface area contributed by atoms with Gasteiger partial charge in [0.1, 0.15) is 5.82 Å². The van der Waals surface area contributed by atoms with Crippen molar-refractivity contribution in [2.45, 2.75) is 20.8 Å². The highest BCUT2D eigenvalue weighted by molar-refractivity contribution is 5.92. The van der Waals surface area contributed by atoms with Gasteiger partial charge in [-0.05, 0) is 56.7 Å². The van der Waals surface area contributed by atoms with E-state index in [-0.39, 0.29) is 0 Å². The van der Waals surface area contributed by atoms with Gasteiger partial charge in [-0.2, -0.15) is 4.98 Å². The third-order valence-corrected chi connectivity index (χ3v) is 4.55. The first-order chi connectivity index (χ1) is 13.1. The largest absolute Gasteiger partial charge is 0.340 e. The Morgan fingerprint density at radius 3 is 2.22 bits per heavy atom. The van der Waals surface area contributed by atoms with E-state index in [1.165, 1.54) is 16.7 Å². The van der Waals surface area contributed by atoms with E-state index in [4.69, 9.17) is 4.98 Å². The summed E-state index contributed by atoms with van der Waals surface area (Å²) in [5, 5.41) is 7.79. The second kappa shape index (κ2) is 7.08. The molecule has 3 aromatic carbocycles. The van der Waals surface area contributed by atoms with E-state index < -0.39 is 0 Å². The normalized spacial score (nSPS) is 10.8. The Balaban J connectivity index is 1.74. The van der Waals surface area contributed by atoms with E-state index in [0.29, 0.717) is 5.95 Å². The Morgan fingerprint density at radius 1 is 0.704 bits per heavy atom. The average molecular weight is 354 g/mol. The van der Waals surface area contributed by atoms with Crippen LogP contribution in [0, 0.1) is 20.8 Å². The van der Waals surface area contributed by atoms with Gasteiger partial charge in [0.25, 0.3) is 0 Å². The van der Waals surface area contributed by atoms with E-state index >= 15 is 0 Å². The van der Waals surface area contributed by atoms with E-state index in [0.717, 1.165) is 28.1 Å². The molecule has 0 atom stereocenters. The summed E-state index contributed by atoms with van der Waals surface area (Å²) in [4.78, 5) is 9.43. The first kappa shape index (κ1) is 17.0. The van der Waals surface area contributed by atoms with E-state index in [9.17, 15) is 0 Å². The summed E-state index contributed by atoms with van der Waals surface area (Å²) in [6, 6.07) is 22.6. The number of aromatic nitrogens is 2. The first-order valence-corrected chi connectivity index (χ1v) is 9.03. The Kier molecular flexibility index (Phi) is 4.47. The van der Waals surface area contributed by atoms with Crippen molar-refractivity contribution in [2.24, 2.45) is 0 Å². The molecule has 0 spiro atoms. The van der Waals surface area contributed by atoms with Crippen molar-refractivity contribution < 1.29 is 0 Å². The molecule has 0 aliphatic heterocycles. The molecule has 4 aromatic rings. The lowest BCUT2D eigenvalue weighted by atomic mass is 10.1. The predicted molar refractivity (Wildman–Crippen MR) is 113 cm³/mol. The fourth-order valence-electron chi connectivity index (χ4n) is 3.08. The van der Waals surface area contributed by atoms with Gasteiger partial charge in [0.15, 0.2) is 0 Å². The number of fused-ring (bicyclic) bond motifs is 1. The van der Waals surface area contributed by atoms with Crippen LogP contribution in [0.1, 0.15) is 16.7 Å². The fraction of sp³-hybridized carbons (Fsp3) is 0.130. The van der Waals surface area contributed by atoms with Gasteiger partial charge in [-0.15, -0.1) is 0 Å². The summed E-state index contributed by atoms with van der Waals surface area (Å²) in [5.74, 6) is 1.37. The van der Waals surface area contributed by atoms with Crippen LogP contribution in [0.15, 0.2) is 66.7 Å². The molecule has 4 heteroatoms. The molecule has 4 nitrogen and oxygen atoms in total. The van der Waals surface area contributed by atoms with Gasteiger partial charge >= 0.3 is 0 Å². The molecule has 0 fully saturated rings. The highest BCUT2D eigenvalue weighted by atomic mass is 15.1. The molecule has 0 radical (unpaired) electrons. The number of hydrogen-bond donors (Lipinski definition) is 2. The number of para-hydroxylation sites is 1. The Labute approximate surface area is 159 Å². The highest BCUT2D eigenvalue weighted by Crippen LogP contribution is 2.27. The summed E-state index contributed by atoms with van der Waals surface area (Å²) in [6.07, 6.45) is 0. The minimum absolute atomic E-state index is 0.579. The van der Waals surface area contributed by atoms with Crippen LogP contribution < -0.4 is 10.6 Å². The van der Waals surface area contributed by atoms with Crippen LogP contribution in [-0.4, -0.2) is 9.97 Å². The SMILES string of the molecule is Cc1ccc(Nc2nc(Nc3ccc(C)cc3C)nc3ccccc23)cc1. The number of aryl methyl sites for hydroxylation is 3. The molecule has 134 valence electrons. The maximum atomic E-state index is 4.74. The van der Waals surface area contributed by atoms with Gasteiger partial charge in [-0.3, -0.25) is 0 Å². The molecule has 0 amide bonds. The van der Waals surface area contributed by atoms with Crippen LogP contribution in [0.4, 0.5) is 23.1 Å². The topological polar surface area (TPSA) is 49.8 Å². The fourth-order valence-corrected chi connectivity index (χ4v) is 3.08. The van der Waals surface area contributed by atoms with Gasteiger partial charge in [-0.1, -0.05) is 47.5 Å². The number of nitrogens with one attached hydrogen (secondary N) is 2. The minimum atomic E-state index is 0.579. The molecule has 0 unspecified atom stereocenters. The molecule has 0 saturated carbocycles. The lowest BCUT2D eigenvalue weighted by Gasteiger charge is -2.13. The third-order valence-electron chi connectivity index (χ3n) is 4.55. The Bertz CT molecular complexity index is 1100. The van der Waals surface area contributed by atoms with Gasteiger partial charge < -0.3 is 10.6 Å². The zero-order chi connectivity index (χ0) is 18.8. The maximum Gasteiger partial charge on any atom is 0.229 e. The van der Waals surface area contributed by atoms with Crippen LogP contribution in [0.2, 0.25) is 0 Å². The van der Waals surface area contributed by atoms with Crippen molar-refractivity contribution in [3.8, 4) is 0 Å². The predicted octanol–water partition coefficient (Wildman–Crippen LogP) is 6.04. The molecule has 1 aromatic heterocycles. The molecule has 0 saturated heterocycles. The van der Waals surface area contributed by atoms with E-state index in [1.807, 2.05) is 24.3 Å². The quantitative estimate of drug-likeness (QED) is 0.469. The van der Waals surface area contributed by atoms with Gasteiger partial charge in [0.2, 0.25) is 5.95 Å². The second-order valence-electron chi connectivity index (χ2n) is 6.85. The van der Waals surface area contributed by atoms with Crippen molar-refractivity contribution in [1.29, 1.82) is 0 Å². The number of benzene rings is 3. The Morgan fingerprint density at radius 2 is 1.44 bits per heavy atom. The van der Waals surface area contributed by atoms with Crippen LogP contribution in [0.5, 0.6) is 0 Å². The second-order valence-corrected chi connectivity index (χ2v) is 6.85. The summed E-state index contributed by atoms with van der Waals surface area (Å²) in [5.41, 5.74) is 6.54. The zero-order valence-electron chi connectivity index (χ0n) is 15.7. The van der Waals surface area contributed by atoms with Crippen LogP contribution >= 0.6 is 0 Å². The van der Waals surface area contributed by atoms with Crippen molar-refractivity contribution in [2.75, 3.05) is 10.6 Å². The number of rotatable bonds is 4. The van der Waals surface area contributed by atoms with Gasteiger partial charge in [-0.25, -0.2) is 4.98 Å². The molecule has 2 N–H and O–H groups in total. The molecule has 1 heterocycles. The van der Waals surface area contributed by atoms with Gasteiger partial charge in [0.05, 0.1) is 5.52 Å². The molecular weight excluding hydrogens is 332 g/mol. The summed E-state index contributed by atoms with van der Waals surface area (Å²) < 4.78 is 0. The minimum Gasteiger partial charge on any atom is -0.340 e. The van der Waals surface area contributed by atoms with E-state index in [1.54, 1.807) is 0 Å². The van der Waals surface area contributed by atoms with Gasteiger partial charge in [0, 0.05) is 16.8 Å². The Hall–Kier alpha value is -3.40. The molecule has 0 bridgehead atoms. The standard InChI is InChI=1S/C23H22N4/c1-15-8-11-18(12-9-15)24-22-19-6-4-5-7-21(19)26-23(27-22)25-20-13-10-16(2)14-17(20)3/h4-14H,1-3H3,(H2,24,25,26,27). The highest BCUT2D eigenvalue weighted by Gasteiger charge is 2.09. The monoisotopic (exact) mass is 354 g/mol. The number of hydrogen-bond acceptors (Lipinski definition) is 4. The summed E-state index contributed by atoms with van der Waals surface area (Å²) >= 11 is 0. The average Bonchev–Trinajstić information content (AvgIpc) is 2.66. The van der Waals surface area contributed by atoms with Crippen molar-refractivity contribution >= 4 is 34.0 Å². The molecule has 27 heavy (non-hydrogen) atoms. The van der Waals surface area contributed by atoms with Crippen LogP contribution in [-0.2, 0) is 0 Å².